The average molecular weight is 538 g/mol. The molecular formula is C27H26F3N7O2. The van der Waals surface area contributed by atoms with Gasteiger partial charge in [0.05, 0.1) is 11.7 Å². The number of pyridine rings is 1. The van der Waals surface area contributed by atoms with Gasteiger partial charge in [0.25, 0.3) is 5.91 Å². The summed E-state index contributed by atoms with van der Waals surface area (Å²) in [7, 11) is 1.47. The summed E-state index contributed by atoms with van der Waals surface area (Å²) in [6, 6.07) is 14.7. The minimum atomic E-state index is -4.54. The molecule has 2 atom stereocenters. The molecule has 9 nitrogen and oxygen atoms in total. The third kappa shape index (κ3) is 3.72. The largest absolute Gasteiger partial charge is 0.435 e. The zero-order valence-electron chi connectivity index (χ0n) is 21.2. The molecule has 0 bridgehead atoms. The third-order valence-corrected chi connectivity index (χ3v) is 8.25. The maximum atomic E-state index is 13.7. The topological polar surface area (TPSA) is 80.8 Å². The van der Waals surface area contributed by atoms with Crippen LogP contribution >= 0.6 is 0 Å². The van der Waals surface area contributed by atoms with Gasteiger partial charge in [0.15, 0.2) is 16.9 Å². The van der Waals surface area contributed by atoms with E-state index in [-0.39, 0.29) is 18.2 Å². The number of benzene rings is 1. The lowest BCUT2D eigenvalue weighted by atomic mass is 9.89. The molecule has 0 unspecified atom stereocenters. The van der Waals surface area contributed by atoms with E-state index in [4.69, 9.17) is 4.74 Å². The highest BCUT2D eigenvalue weighted by atomic mass is 19.4. The second-order valence-electron chi connectivity index (χ2n) is 10.4. The van der Waals surface area contributed by atoms with Crippen LogP contribution in [0.5, 0.6) is 0 Å². The minimum absolute atomic E-state index is 0.0355. The van der Waals surface area contributed by atoms with Gasteiger partial charge in [-0.15, -0.1) is 0 Å². The van der Waals surface area contributed by atoms with E-state index in [1.165, 1.54) is 18.1 Å². The molecule has 1 aromatic carbocycles. The summed E-state index contributed by atoms with van der Waals surface area (Å²) in [4.78, 5) is 22.1. The van der Waals surface area contributed by atoms with Crippen LogP contribution in [0.4, 0.5) is 19.0 Å². The number of rotatable bonds is 3. The highest BCUT2D eigenvalue weighted by Crippen LogP contribution is 2.48. The Hall–Kier alpha value is -3.93. The fourth-order valence-electron chi connectivity index (χ4n) is 6.34. The smallest absolute Gasteiger partial charge is 0.356 e. The van der Waals surface area contributed by atoms with Crippen LogP contribution in [-0.4, -0.2) is 60.1 Å². The molecule has 4 aromatic rings. The van der Waals surface area contributed by atoms with E-state index in [0.29, 0.717) is 42.8 Å². The van der Waals surface area contributed by atoms with E-state index in [1.807, 2.05) is 29.2 Å². The van der Waals surface area contributed by atoms with Gasteiger partial charge in [0, 0.05) is 38.5 Å². The summed E-state index contributed by atoms with van der Waals surface area (Å²) < 4.78 is 49.0. The van der Waals surface area contributed by atoms with Crippen molar-refractivity contribution in [1.82, 2.24) is 29.3 Å². The van der Waals surface area contributed by atoms with E-state index < -0.39 is 17.5 Å². The molecule has 0 aliphatic carbocycles. The number of aryl methyl sites for hydroxylation is 1. The molecule has 3 aromatic heterocycles. The van der Waals surface area contributed by atoms with Gasteiger partial charge in [-0.3, -0.25) is 9.48 Å². The van der Waals surface area contributed by atoms with Crippen molar-refractivity contribution in [3.05, 3.63) is 66.1 Å². The average Bonchev–Trinajstić information content (AvgIpc) is 3.70. The quantitative estimate of drug-likeness (QED) is 0.390. The van der Waals surface area contributed by atoms with Crippen molar-refractivity contribution in [2.24, 2.45) is 7.05 Å². The van der Waals surface area contributed by atoms with Crippen molar-refractivity contribution in [2.45, 2.75) is 49.7 Å². The van der Waals surface area contributed by atoms with Gasteiger partial charge < -0.3 is 14.5 Å². The lowest BCUT2D eigenvalue weighted by Gasteiger charge is -2.38. The lowest BCUT2D eigenvalue weighted by Crippen LogP contribution is -2.50. The van der Waals surface area contributed by atoms with Crippen molar-refractivity contribution in [3.63, 3.8) is 0 Å². The fraction of sp³-hybridized carbons (Fsp3) is 0.407. The minimum Gasteiger partial charge on any atom is -0.356 e. The van der Waals surface area contributed by atoms with E-state index >= 15 is 0 Å². The second-order valence-corrected chi connectivity index (χ2v) is 10.4. The molecule has 202 valence electrons. The van der Waals surface area contributed by atoms with Gasteiger partial charge in [-0.25, -0.2) is 4.98 Å². The van der Waals surface area contributed by atoms with Crippen LogP contribution in [0.3, 0.4) is 0 Å². The first kappa shape index (κ1) is 24.1. The summed E-state index contributed by atoms with van der Waals surface area (Å²) in [5.74, 6) is 0.823. The number of anilines is 1. The predicted molar refractivity (Wildman–Crippen MR) is 135 cm³/mol. The number of halogens is 3. The Labute approximate surface area is 221 Å². The molecule has 1 amide bonds. The summed E-state index contributed by atoms with van der Waals surface area (Å²) in [5, 5.41) is 8.00. The van der Waals surface area contributed by atoms with Crippen molar-refractivity contribution < 1.29 is 22.7 Å². The van der Waals surface area contributed by atoms with Crippen LogP contribution in [0.1, 0.15) is 43.0 Å². The van der Waals surface area contributed by atoms with Crippen LogP contribution in [0.15, 0.2) is 54.9 Å². The molecule has 3 aliphatic heterocycles. The zero-order chi connectivity index (χ0) is 26.9. The molecule has 1 spiro atoms. The van der Waals surface area contributed by atoms with Gasteiger partial charge in [-0.1, -0.05) is 30.3 Å². The van der Waals surface area contributed by atoms with Gasteiger partial charge in [-0.05, 0) is 36.6 Å². The SMILES string of the molecule is Cn1nc(C(F)(F)F)cc1-c1ccc(N2CCC3(CC2)O[C@@H]2CC[C@@H](c4ccccc4)N2C3=O)n2ncnc12. The maximum absolute atomic E-state index is 13.7. The summed E-state index contributed by atoms with van der Waals surface area (Å²) in [6.45, 7) is 1.14. The Balaban J connectivity index is 1.13. The lowest BCUT2D eigenvalue weighted by molar-refractivity contribution is -0.141. The summed E-state index contributed by atoms with van der Waals surface area (Å²) in [5.41, 5.74) is 0.568. The van der Waals surface area contributed by atoms with Gasteiger partial charge in [0.2, 0.25) is 0 Å². The van der Waals surface area contributed by atoms with Crippen molar-refractivity contribution >= 4 is 17.4 Å². The number of aromatic nitrogens is 5. The molecule has 12 heteroatoms. The molecule has 3 fully saturated rings. The maximum Gasteiger partial charge on any atom is 0.435 e. The zero-order valence-corrected chi connectivity index (χ0v) is 21.2. The molecular weight excluding hydrogens is 511 g/mol. The number of carbonyl (C=O) groups excluding carboxylic acids is 1. The predicted octanol–water partition coefficient (Wildman–Crippen LogP) is 4.21. The van der Waals surface area contributed by atoms with Gasteiger partial charge in [-0.2, -0.15) is 27.9 Å². The summed E-state index contributed by atoms with van der Waals surface area (Å²) in [6.07, 6.45) is -0.571. The highest BCUT2D eigenvalue weighted by Gasteiger charge is 2.58. The van der Waals surface area contributed by atoms with Crippen LogP contribution < -0.4 is 4.90 Å². The Morgan fingerprint density at radius 1 is 1.05 bits per heavy atom. The number of fused-ring (bicyclic) bond motifs is 2. The molecule has 3 aliphatic rings. The summed E-state index contributed by atoms with van der Waals surface area (Å²) >= 11 is 0. The van der Waals surface area contributed by atoms with Gasteiger partial charge in [0.1, 0.15) is 18.4 Å². The number of hydrogen-bond acceptors (Lipinski definition) is 6. The Morgan fingerprint density at radius 2 is 1.82 bits per heavy atom. The van der Waals surface area contributed by atoms with Crippen LogP contribution in [0, 0.1) is 0 Å². The number of hydrogen-bond donors (Lipinski definition) is 0. The normalized spacial score (nSPS) is 22.8. The second kappa shape index (κ2) is 8.54. The fourth-order valence-corrected chi connectivity index (χ4v) is 6.34. The molecule has 3 saturated heterocycles. The third-order valence-electron chi connectivity index (χ3n) is 8.25. The first-order valence-corrected chi connectivity index (χ1v) is 13.0. The molecule has 6 heterocycles. The highest BCUT2D eigenvalue weighted by molar-refractivity contribution is 5.88. The van der Waals surface area contributed by atoms with Crippen LogP contribution in [0.25, 0.3) is 16.9 Å². The molecule has 39 heavy (non-hydrogen) atoms. The molecule has 0 N–H and O–H groups in total. The Kier molecular flexibility index (Phi) is 5.28. The van der Waals surface area contributed by atoms with Gasteiger partial charge >= 0.3 is 6.18 Å². The Morgan fingerprint density at radius 3 is 2.54 bits per heavy atom. The van der Waals surface area contributed by atoms with E-state index in [9.17, 15) is 18.0 Å². The number of amides is 1. The van der Waals surface area contributed by atoms with Crippen LogP contribution in [0.2, 0.25) is 0 Å². The molecule has 0 radical (unpaired) electrons. The monoisotopic (exact) mass is 537 g/mol. The van der Waals surface area contributed by atoms with Crippen molar-refractivity contribution in [2.75, 3.05) is 18.0 Å². The molecule has 7 rings (SSSR count). The number of nitrogens with zero attached hydrogens (tertiary/aromatic N) is 7. The standard InChI is InChI=1S/C27H26F3N7O2/c1-34-20(15-21(33-34)27(28,29)30)18-7-9-22(37-24(18)31-16-32-37)35-13-11-26(12-14-35)25(38)36-19(8-10-23(36)39-26)17-5-3-2-4-6-17/h2-7,9,15-16,19,23H,8,10-14H2,1H3/t19-,23+/m0/s1. The Bertz CT molecular complexity index is 1560. The first-order chi connectivity index (χ1) is 18.7. The number of carbonyl (C=O) groups is 1. The first-order valence-electron chi connectivity index (χ1n) is 13.0. The number of piperidine rings is 1. The van der Waals surface area contributed by atoms with E-state index in [0.717, 1.165) is 30.3 Å². The van der Waals surface area contributed by atoms with Crippen molar-refractivity contribution in [3.8, 4) is 11.3 Å². The van der Waals surface area contributed by atoms with Crippen molar-refractivity contribution in [1.29, 1.82) is 0 Å². The molecule has 0 saturated carbocycles. The number of alkyl halides is 3. The van der Waals surface area contributed by atoms with E-state index in [2.05, 4.69) is 32.2 Å². The van der Waals surface area contributed by atoms with Crippen LogP contribution in [-0.2, 0) is 22.8 Å². The number of ether oxygens (including phenoxy) is 1. The van der Waals surface area contributed by atoms with E-state index in [1.54, 1.807) is 10.6 Å².